The maximum absolute atomic E-state index is 15.0. The van der Waals surface area contributed by atoms with Gasteiger partial charge in [0.1, 0.15) is 17.5 Å². The molecule has 0 saturated carbocycles. The minimum absolute atomic E-state index is 0.0721. The number of carbonyl (C=O) groups is 1. The van der Waals surface area contributed by atoms with Gasteiger partial charge in [0.05, 0.1) is 16.1 Å². The Morgan fingerprint density at radius 3 is 2.32 bits per heavy atom. The van der Waals surface area contributed by atoms with Crippen molar-refractivity contribution in [3.8, 4) is 5.75 Å². The largest absolute Gasteiger partial charge is 0.573 e. The van der Waals surface area contributed by atoms with E-state index in [1.54, 1.807) is 13.1 Å². The van der Waals surface area contributed by atoms with Crippen molar-refractivity contribution in [1.29, 1.82) is 0 Å². The zero-order chi connectivity index (χ0) is 30.8. The molecule has 1 aliphatic heterocycles. The van der Waals surface area contributed by atoms with Crippen LogP contribution in [-0.2, 0) is 6.18 Å². The van der Waals surface area contributed by atoms with Crippen LogP contribution in [0.15, 0.2) is 59.7 Å². The lowest BCUT2D eigenvalue weighted by molar-refractivity contribution is -0.274. The number of amides is 1. The number of nitrogens with one attached hydrogen (secondary N) is 2. The van der Waals surface area contributed by atoms with E-state index in [1.165, 1.54) is 11.1 Å². The first-order chi connectivity index (χ1) is 18.9. The second kappa shape index (κ2) is 11.9. The number of guanidine groups is 1. The Bertz CT molecular complexity index is 1380. The van der Waals surface area contributed by atoms with Gasteiger partial charge in [-0.3, -0.25) is 15.6 Å². The molecule has 17 heteroatoms. The molecule has 3 rings (SSSR count). The summed E-state index contributed by atoms with van der Waals surface area (Å²) in [6, 6.07) is 2.84. The number of likely N-dealkylation sites (N-methyl/N-ethyl adjacent to an activating group) is 1. The van der Waals surface area contributed by atoms with Crippen LogP contribution in [0.4, 0.5) is 43.9 Å². The first-order valence-electron chi connectivity index (χ1n) is 11.1. The fourth-order valence-electron chi connectivity index (χ4n) is 3.49. The highest BCUT2D eigenvalue weighted by molar-refractivity contribution is 6.32. The van der Waals surface area contributed by atoms with E-state index in [9.17, 15) is 48.7 Å². The lowest BCUT2D eigenvalue weighted by Gasteiger charge is -2.23. The van der Waals surface area contributed by atoms with Crippen LogP contribution in [0, 0.1) is 0 Å². The molecular formula is C24H17ClF10N4O2. The molecule has 1 unspecified atom stereocenters. The number of halogens is 11. The predicted molar refractivity (Wildman–Crippen MR) is 127 cm³/mol. The number of hydrazine groups is 1. The molecule has 1 amide bonds. The quantitative estimate of drug-likeness (QED) is 0.281. The molecule has 0 spiro atoms. The number of rotatable bonds is 5. The van der Waals surface area contributed by atoms with Gasteiger partial charge in [0.15, 0.2) is 0 Å². The summed E-state index contributed by atoms with van der Waals surface area (Å²) in [5, 5.41) is -0.882. The molecular weight excluding hydrogens is 602 g/mol. The van der Waals surface area contributed by atoms with Crippen molar-refractivity contribution in [3.63, 3.8) is 0 Å². The highest BCUT2D eigenvalue weighted by Gasteiger charge is 2.41. The molecule has 1 heterocycles. The Kier molecular flexibility index (Phi) is 9.15. The molecule has 0 bridgehead atoms. The van der Waals surface area contributed by atoms with Gasteiger partial charge >= 0.3 is 18.7 Å². The number of nitrogens with zero attached hydrogens (tertiary/aromatic N) is 2. The number of allylic oxidation sites excluding steroid dienone is 1. The van der Waals surface area contributed by atoms with E-state index in [0.717, 1.165) is 0 Å². The minimum atomic E-state index is -5.24. The van der Waals surface area contributed by atoms with Crippen molar-refractivity contribution in [2.45, 2.75) is 24.6 Å². The average Bonchev–Trinajstić information content (AvgIpc) is 2.85. The van der Waals surface area contributed by atoms with E-state index in [2.05, 4.69) is 15.2 Å². The fourth-order valence-corrected chi connectivity index (χ4v) is 3.71. The van der Waals surface area contributed by atoms with Crippen LogP contribution in [0.25, 0.3) is 5.83 Å². The molecule has 0 saturated heterocycles. The third-order valence-electron chi connectivity index (χ3n) is 5.38. The Hall–Kier alpha value is -3.95. The van der Waals surface area contributed by atoms with Gasteiger partial charge in [-0.1, -0.05) is 23.7 Å². The Labute approximate surface area is 229 Å². The van der Waals surface area contributed by atoms with Crippen molar-refractivity contribution in [2.24, 2.45) is 4.99 Å². The zero-order valence-electron chi connectivity index (χ0n) is 20.3. The van der Waals surface area contributed by atoms with Crippen molar-refractivity contribution in [3.05, 3.63) is 82.0 Å². The third-order valence-corrected chi connectivity index (χ3v) is 5.68. The summed E-state index contributed by atoms with van der Waals surface area (Å²) in [5.74, 6) is -6.83. The van der Waals surface area contributed by atoms with Crippen molar-refractivity contribution >= 4 is 29.3 Å². The van der Waals surface area contributed by atoms with Crippen LogP contribution in [0.1, 0.15) is 33.0 Å². The second-order valence-corrected chi connectivity index (χ2v) is 8.73. The molecule has 6 nitrogen and oxygen atoms in total. The van der Waals surface area contributed by atoms with Gasteiger partial charge in [0, 0.05) is 25.4 Å². The standard InChI is InChI=1S/C24H17ClF10N4O2/c1-39-8-2-7-36-21(39)38-37-20(40)14-5-3-13(9-16(14)23(30,31)32)18(26)11-15(22(27,28)29)12-4-6-19(17(25)10-12)41-24(33,34)35/h2-7,9-11,15H,8H2,1H3,(H,36,38)(H,37,40)/b18-11-. The van der Waals surface area contributed by atoms with Gasteiger partial charge in [-0.25, -0.2) is 9.38 Å². The number of aliphatic imine (C=N–C) groups is 1. The second-order valence-electron chi connectivity index (χ2n) is 8.33. The molecule has 222 valence electrons. The SMILES string of the molecule is CN1CC=CN=C1NNC(=O)c1ccc(/C(F)=C/C(c2ccc(OC(F)(F)F)c(Cl)c2)C(F)(F)F)cc1C(F)(F)F. The molecule has 2 aromatic rings. The number of carbonyl (C=O) groups excluding carboxylic acids is 1. The first-order valence-corrected chi connectivity index (χ1v) is 11.5. The van der Waals surface area contributed by atoms with Gasteiger partial charge < -0.3 is 9.64 Å². The van der Waals surface area contributed by atoms with Crippen LogP contribution < -0.4 is 15.6 Å². The molecule has 2 N–H and O–H groups in total. The van der Waals surface area contributed by atoms with Gasteiger partial charge in [-0.15, -0.1) is 13.2 Å². The number of hydrogen-bond donors (Lipinski definition) is 2. The first kappa shape index (κ1) is 31.6. The van der Waals surface area contributed by atoms with Crippen molar-refractivity contribution in [1.82, 2.24) is 15.8 Å². The number of hydrogen-bond acceptors (Lipinski definition) is 5. The summed E-state index contributed by atoms with van der Waals surface area (Å²) in [4.78, 5) is 17.9. The minimum Gasteiger partial charge on any atom is -0.404 e. The number of ether oxygens (including phenoxy) is 1. The third kappa shape index (κ3) is 8.28. The Morgan fingerprint density at radius 1 is 1.07 bits per heavy atom. The summed E-state index contributed by atoms with van der Waals surface area (Å²) in [6.45, 7) is 0.381. The molecule has 0 radical (unpaired) electrons. The van der Waals surface area contributed by atoms with Gasteiger partial charge in [0.25, 0.3) is 5.91 Å². The molecule has 0 fully saturated rings. The van der Waals surface area contributed by atoms with Crippen molar-refractivity contribution in [2.75, 3.05) is 13.6 Å². The monoisotopic (exact) mass is 618 g/mol. The Morgan fingerprint density at radius 2 is 1.76 bits per heavy atom. The summed E-state index contributed by atoms with van der Waals surface area (Å²) >= 11 is 5.60. The summed E-state index contributed by atoms with van der Waals surface area (Å²) in [6.07, 6.45) is -12.7. The average molecular weight is 619 g/mol. The van der Waals surface area contributed by atoms with Gasteiger partial charge in [-0.05, 0) is 42.0 Å². The summed E-state index contributed by atoms with van der Waals surface area (Å²) < 4.78 is 138. The van der Waals surface area contributed by atoms with E-state index in [0.29, 0.717) is 36.9 Å². The molecule has 0 aliphatic carbocycles. The van der Waals surface area contributed by atoms with Crippen molar-refractivity contribution < 1.29 is 53.4 Å². The molecule has 1 atom stereocenters. The smallest absolute Gasteiger partial charge is 0.404 e. The summed E-state index contributed by atoms with van der Waals surface area (Å²) in [5.41, 5.74) is -0.0681. The molecule has 41 heavy (non-hydrogen) atoms. The maximum atomic E-state index is 15.0. The summed E-state index contributed by atoms with van der Waals surface area (Å²) in [7, 11) is 1.57. The lowest BCUT2D eigenvalue weighted by atomic mass is 9.95. The lowest BCUT2D eigenvalue weighted by Crippen LogP contribution is -2.49. The van der Waals surface area contributed by atoms with Crippen LogP contribution in [0.2, 0.25) is 5.02 Å². The number of benzene rings is 2. The van der Waals surface area contributed by atoms with Crippen LogP contribution in [0.3, 0.4) is 0 Å². The molecule has 0 aromatic heterocycles. The van der Waals surface area contributed by atoms with E-state index >= 15 is 0 Å². The normalized spacial score (nSPS) is 15.4. The van der Waals surface area contributed by atoms with E-state index in [4.69, 9.17) is 11.6 Å². The van der Waals surface area contributed by atoms with Gasteiger partial charge in [-0.2, -0.15) is 26.3 Å². The van der Waals surface area contributed by atoms with Gasteiger partial charge in [0.2, 0.25) is 5.96 Å². The van der Waals surface area contributed by atoms with Crippen LogP contribution in [0.5, 0.6) is 5.75 Å². The highest BCUT2D eigenvalue weighted by Crippen LogP contribution is 2.42. The molecule has 2 aromatic carbocycles. The van der Waals surface area contributed by atoms with E-state index < -0.39 is 69.4 Å². The number of alkyl halides is 9. The topological polar surface area (TPSA) is 66.0 Å². The fraction of sp³-hybridized carbons (Fsp3) is 0.250. The van der Waals surface area contributed by atoms with Crippen LogP contribution in [-0.4, -0.2) is 42.9 Å². The maximum Gasteiger partial charge on any atom is 0.573 e. The predicted octanol–water partition coefficient (Wildman–Crippen LogP) is 6.96. The molecule has 1 aliphatic rings. The highest BCUT2D eigenvalue weighted by atomic mass is 35.5. The van der Waals surface area contributed by atoms with Crippen LogP contribution >= 0.6 is 11.6 Å². The zero-order valence-corrected chi connectivity index (χ0v) is 21.1. The van der Waals surface area contributed by atoms with E-state index in [-0.39, 0.29) is 18.1 Å². The Balaban J connectivity index is 1.94. The van der Waals surface area contributed by atoms with E-state index in [1.807, 2.05) is 5.43 Å².